The van der Waals surface area contributed by atoms with Crippen LogP contribution in [0.25, 0.3) is 0 Å². The molecule has 2 rings (SSSR count). The average Bonchev–Trinajstić information content (AvgIpc) is 2.53. The number of rotatable bonds is 3. The maximum atomic E-state index is 12.5. The zero-order chi connectivity index (χ0) is 17.1. The van der Waals surface area contributed by atoms with Crippen LogP contribution in [0.15, 0.2) is 30.3 Å². The van der Waals surface area contributed by atoms with Gasteiger partial charge in [0.25, 0.3) is 9.70 Å². The van der Waals surface area contributed by atoms with Gasteiger partial charge in [0.2, 0.25) is 0 Å². The predicted octanol–water partition coefficient (Wildman–Crippen LogP) is 3.58. The largest absolute Gasteiger partial charge is 0.375 e. The summed E-state index contributed by atoms with van der Waals surface area (Å²) in [6, 6.07) is 11.2. The van der Waals surface area contributed by atoms with Crippen LogP contribution < -0.4 is 0 Å². The van der Waals surface area contributed by atoms with Crippen LogP contribution in [-0.4, -0.2) is 31.3 Å². The highest BCUT2D eigenvalue weighted by molar-refractivity contribution is 6.76. The summed E-state index contributed by atoms with van der Waals surface area (Å²) in [5.41, 5.74) is -0.394. The van der Waals surface area contributed by atoms with E-state index in [9.17, 15) is 9.90 Å². The molecule has 1 amide bonds. The van der Waals surface area contributed by atoms with Gasteiger partial charge in [-0.2, -0.15) is 5.26 Å². The number of amides is 1. The van der Waals surface area contributed by atoms with E-state index in [1.54, 1.807) is 4.90 Å². The molecule has 1 N–H and O–H groups in total. The molecule has 1 aromatic carbocycles. The molecule has 1 saturated carbocycles. The third-order valence-corrected chi connectivity index (χ3v) is 4.62. The lowest BCUT2D eigenvalue weighted by atomic mass is 9.82. The molecule has 1 fully saturated rings. The molecule has 0 radical (unpaired) electrons. The summed E-state index contributed by atoms with van der Waals surface area (Å²) in [6.45, 7) is 0.323. The van der Waals surface area contributed by atoms with Crippen molar-refractivity contribution in [2.75, 3.05) is 0 Å². The fourth-order valence-corrected chi connectivity index (χ4v) is 3.14. The molecule has 124 valence electrons. The van der Waals surface area contributed by atoms with Crippen LogP contribution in [-0.2, 0) is 11.3 Å². The molecule has 0 bridgehead atoms. The van der Waals surface area contributed by atoms with Crippen LogP contribution in [0, 0.1) is 11.3 Å². The third kappa shape index (κ3) is 4.74. The topological polar surface area (TPSA) is 64.3 Å². The number of aliphatic hydroxyl groups is 1. The van der Waals surface area contributed by atoms with E-state index in [4.69, 9.17) is 40.1 Å². The standard InChI is InChI=1S/C16H17Cl3N2O2/c17-16(18,19)14(22)21(10-12-4-2-1-3-5-12)13-6-8-15(23,11-20)9-7-13/h1-5,13,23H,6-10H2. The summed E-state index contributed by atoms with van der Waals surface area (Å²) >= 11 is 17.4. The number of hydrogen-bond donors (Lipinski definition) is 1. The van der Waals surface area contributed by atoms with Crippen molar-refractivity contribution < 1.29 is 9.90 Å². The van der Waals surface area contributed by atoms with Gasteiger partial charge in [-0.15, -0.1) is 0 Å². The first kappa shape index (κ1) is 18.4. The maximum Gasteiger partial charge on any atom is 0.275 e. The van der Waals surface area contributed by atoms with Crippen LogP contribution in [0.5, 0.6) is 0 Å². The predicted molar refractivity (Wildman–Crippen MR) is 90.1 cm³/mol. The number of carbonyl (C=O) groups excluding carboxylic acids is 1. The molecule has 1 aliphatic carbocycles. The highest BCUT2D eigenvalue weighted by atomic mass is 35.6. The normalized spacial score (nSPS) is 24.7. The Hall–Kier alpha value is -0.990. The SMILES string of the molecule is N#CC1(O)CCC(N(Cc2ccccc2)C(=O)C(Cl)(Cl)Cl)CC1. The minimum absolute atomic E-state index is 0.174. The van der Waals surface area contributed by atoms with Gasteiger partial charge in [-0.05, 0) is 31.2 Å². The van der Waals surface area contributed by atoms with Gasteiger partial charge in [0, 0.05) is 12.6 Å². The smallest absolute Gasteiger partial charge is 0.275 e. The molecule has 23 heavy (non-hydrogen) atoms. The summed E-state index contributed by atoms with van der Waals surface area (Å²) in [5, 5.41) is 19.0. The lowest BCUT2D eigenvalue weighted by molar-refractivity contribution is -0.135. The summed E-state index contributed by atoms with van der Waals surface area (Å²) < 4.78 is -2.03. The van der Waals surface area contributed by atoms with E-state index in [-0.39, 0.29) is 6.04 Å². The van der Waals surface area contributed by atoms with Crippen molar-refractivity contribution in [3.63, 3.8) is 0 Å². The Balaban J connectivity index is 2.18. The molecule has 0 aliphatic heterocycles. The zero-order valence-electron chi connectivity index (χ0n) is 12.4. The average molecular weight is 376 g/mol. The molecular formula is C16H17Cl3N2O2. The van der Waals surface area contributed by atoms with Crippen molar-refractivity contribution in [3.05, 3.63) is 35.9 Å². The second-order valence-corrected chi connectivity index (χ2v) is 8.07. The number of nitrogens with zero attached hydrogens (tertiary/aromatic N) is 2. The number of halogens is 3. The Labute approximate surface area is 150 Å². The molecule has 1 aliphatic rings. The monoisotopic (exact) mass is 374 g/mol. The first-order valence-electron chi connectivity index (χ1n) is 7.30. The van der Waals surface area contributed by atoms with Gasteiger partial charge in [0.15, 0.2) is 5.60 Å². The first-order valence-corrected chi connectivity index (χ1v) is 8.44. The molecule has 0 unspecified atom stereocenters. The van der Waals surface area contributed by atoms with Crippen molar-refractivity contribution >= 4 is 40.7 Å². The van der Waals surface area contributed by atoms with Crippen molar-refractivity contribution in [1.82, 2.24) is 4.90 Å². The minimum Gasteiger partial charge on any atom is -0.375 e. The van der Waals surface area contributed by atoms with E-state index >= 15 is 0 Å². The van der Waals surface area contributed by atoms with Crippen LogP contribution >= 0.6 is 34.8 Å². The zero-order valence-corrected chi connectivity index (χ0v) is 14.7. The molecule has 7 heteroatoms. The first-order chi connectivity index (χ1) is 10.7. The number of alkyl halides is 3. The molecule has 0 spiro atoms. The maximum absolute atomic E-state index is 12.5. The second kappa shape index (κ2) is 7.27. The van der Waals surface area contributed by atoms with Crippen molar-refractivity contribution in [3.8, 4) is 6.07 Å². The Morgan fingerprint density at radius 1 is 1.30 bits per heavy atom. The lowest BCUT2D eigenvalue weighted by Crippen LogP contribution is -2.49. The molecule has 0 aromatic heterocycles. The molecule has 1 aromatic rings. The quantitative estimate of drug-likeness (QED) is 0.648. The molecule has 0 saturated heterocycles. The highest BCUT2D eigenvalue weighted by Crippen LogP contribution is 2.35. The van der Waals surface area contributed by atoms with Crippen LogP contribution in [0.2, 0.25) is 0 Å². The Morgan fingerprint density at radius 2 is 1.87 bits per heavy atom. The number of nitriles is 1. The van der Waals surface area contributed by atoms with Crippen molar-refractivity contribution in [1.29, 1.82) is 5.26 Å². The summed E-state index contributed by atoms with van der Waals surface area (Å²) in [7, 11) is 0. The van der Waals surface area contributed by atoms with Crippen LogP contribution in [0.1, 0.15) is 31.2 Å². The van der Waals surface area contributed by atoms with E-state index in [0.717, 1.165) is 5.56 Å². The van der Waals surface area contributed by atoms with Gasteiger partial charge in [0.05, 0.1) is 6.07 Å². The van der Waals surface area contributed by atoms with Gasteiger partial charge in [-0.25, -0.2) is 0 Å². The van der Waals surface area contributed by atoms with E-state index in [2.05, 4.69) is 0 Å². The van der Waals surface area contributed by atoms with E-state index in [1.807, 2.05) is 36.4 Å². The number of benzene rings is 1. The fraction of sp³-hybridized carbons (Fsp3) is 0.500. The summed E-state index contributed by atoms with van der Waals surface area (Å²) in [4.78, 5) is 14.0. The van der Waals surface area contributed by atoms with Crippen molar-refractivity contribution in [2.24, 2.45) is 0 Å². The van der Waals surface area contributed by atoms with E-state index in [1.165, 1.54) is 0 Å². The second-order valence-electron chi connectivity index (χ2n) is 5.79. The van der Waals surface area contributed by atoms with Gasteiger partial charge >= 0.3 is 0 Å². The van der Waals surface area contributed by atoms with Gasteiger partial charge in [0.1, 0.15) is 0 Å². The Bertz CT molecular complexity index is 588. The summed E-state index contributed by atoms with van der Waals surface area (Å²) in [6.07, 6.45) is 1.58. The van der Waals surface area contributed by atoms with E-state index < -0.39 is 15.3 Å². The Morgan fingerprint density at radius 3 is 2.35 bits per heavy atom. The lowest BCUT2D eigenvalue weighted by Gasteiger charge is -2.39. The number of carbonyl (C=O) groups is 1. The van der Waals surface area contributed by atoms with Gasteiger partial charge in [-0.3, -0.25) is 4.79 Å². The van der Waals surface area contributed by atoms with Crippen LogP contribution in [0.4, 0.5) is 0 Å². The number of hydrogen-bond acceptors (Lipinski definition) is 3. The van der Waals surface area contributed by atoms with E-state index in [0.29, 0.717) is 32.2 Å². The molecule has 0 atom stereocenters. The van der Waals surface area contributed by atoms with Gasteiger partial charge < -0.3 is 10.0 Å². The Kier molecular flexibility index (Phi) is 5.80. The van der Waals surface area contributed by atoms with Crippen molar-refractivity contribution in [2.45, 2.75) is 47.7 Å². The molecule has 4 nitrogen and oxygen atoms in total. The third-order valence-electron chi connectivity index (χ3n) is 4.13. The molecular weight excluding hydrogens is 359 g/mol. The van der Waals surface area contributed by atoms with Gasteiger partial charge in [-0.1, -0.05) is 65.1 Å². The molecule has 0 heterocycles. The fourth-order valence-electron chi connectivity index (χ4n) is 2.81. The van der Waals surface area contributed by atoms with Crippen LogP contribution in [0.3, 0.4) is 0 Å². The highest BCUT2D eigenvalue weighted by Gasteiger charge is 2.42. The minimum atomic E-state index is -2.03. The summed E-state index contributed by atoms with van der Waals surface area (Å²) in [5.74, 6) is -0.584.